The van der Waals surface area contributed by atoms with E-state index >= 15 is 0 Å². The third-order valence-corrected chi connectivity index (χ3v) is 4.08. The summed E-state index contributed by atoms with van der Waals surface area (Å²) in [5.41, 5.74) is 1.30. The van der Waals surface area contributed by atoms with Crippen LogP contribution in [0.25, 0.3) is 0 Å². The van der Waals surface area contributed by atoms with E-state index in [1.807, 2.05) is 7.05 Å². The minimum absolute atomic E-state index is 0.0373. The first-order chi connectivity index (χ1) is 13.3. The van der Waals surface area contributed by atoms with Crippen molar-refractivity contribution < 1.29 is 32.7 Å². The van der Waals surface area contributed by atoms with Crippen molar-refractivity contribution in [3.05, 3.63) is 47.0 Å². The molecule has 0 aromatic heterocycles. The number of likely N-dealkylation sites (N-methyl/N-ethyl adjacent to an activating group) is 1. The maximum atomic E-state index is 12.4. The van der Waals surface area contributed by atoms with Gasteiger partial charge in [0.15, 0.2) is 18.0 Å². The fraction of sp³-hybridized carbons (Fsp3) is 0.316. The van der Waals surface area contributed by atoms with Crippen molar-refractivity contribution in [2.75, 3.05) is 33.1 Å². The fourth-order valence-corrected chi connectivity index (χ4v) is 2.84. The number of methoxy groups -OCH3 is 2. The third kappa shape index (κ3) is 6.24. The van der Waals surface area contributed by atoms with Crippen molar-refractivity contribution in [1.82, 2.24) is 0 Å². The summed E-state index contributed by atoms with van der Waals surface area (Å²) in [5, 5.41) is 3.26. The fourth-order valence-electron chi connectivity index (χ4n) is 2.67. The number of hydrogen-bond acceptors (Lipinski definition) is 4. The number of rotatable bonds is 9. The second kappa shape index (κ2) is 10.1. The Labute approximate surface area is 166 Å². The van der Waals surface area contributed by atoms with Gasteiger partial charge in [-0.3, -0.25) is 4.79 Å². The van der Waals surface area contributed by atoms with Crippen molar-refractivity contribution in [2.24, 2.45) is 0 Å². The maximum Gasteiger partial charge on any atom is 0.387 e. The number of amides is 1. The average molecular weight is 416 g/mol. The van der Waals surface area contributed by atoms with Crippen molar-refractivity contribution in [3.63, 3.8) is 0 Å². The lowest BCUT2D eigenvalue weighted by Crippen LogP contribution is -3.08. The lowest BCUT2D eigenvalue weighted by molar-refractivity contribution is -0.885. The van der Waals surface area contributed by atoms with E-state index in [0.717, 1.165) is 10.5 Å². The number of halogens is 3. The topological polar surface area (TPSA) is 61.2 Å². The molecule has 0 aliphatic heterocycles. The SMILES string of the molecule is COc1ccc(Cl)cc1NC(=O)C[NH+](C)Cc1ccc(OC(F)F)c(OC)c1. The molecular weight excluding hydrogens is 394 g/mol. The first-order valence-corrected chi connectivity index (χ1v) is 8.76. The molecule has 0 radical (unpaired) electrons. The molecule has 6 nitrogen and oxygen atoms in total. The average Bonchev–Trinajstić information content (AvgIpc) is 2.62. The van der Waals surface area contributed by atoms with Gasteiger partial charge in [-0.2, -0.15) is 8.78 Å². The van der Waals surface area contributed by atoms with Gasteiger partial charge in [0, 0.05) is 10.6 Å². The normalized spacial score (nSPS) is 11.8. The Hall–Kier alpha value is -2.58. The molecule has 0 heterocycles. The predicted octanol–water partition coefficient (Wildman–Crippen LogP) is 2.61. The summed E-state index contributed by atoms with van der Waals surface area (Å²) >= 11 is 5.96. The third-order valence-electron chi connectivity index (χ3n) is 3.85. The van der Waals surface area contributed by atoms with Crippen LogP contribution in [0.2, 0.25) is 5.02 Å². The van der Waals surface area contributed by atoms with Crippen LogP contribution in [0.5, 0.6) is 17.2 Å². The van der Waals surface area contributed by atoms with Crippen LogP contribution < -0.4 is 24.4 Å². The van der Waals surface area contributed by atoms with Gasteiger partial charge in [0.05, 0.1) is 27.0 Å². The molecule has 0 saturated heterocycles. The Balaban J connectivity index is 1.99. The highest BCUT2D eigenvalue weighted by atomic mass is 35.5. The monoisotopic (exact) mass is 415 g/mol. The van der Waals surface area contributed by atoms with Crippen molar-refractivity contribution in [2.45, 2.75) is 13.2 Å². The standard InChI is InChI=1S/C19H21ClF2N2O4/c1-24(10-12-4-6-16(28-19(21)22)17(8-12)27-3)11-18(25)23-14-9-13(20)5-7-15(14)26-2/h4-9,19H,10-11H2,1-3H3,(H,23,25)/p+1. The molecule has 2 N–H and O–H groups in total. The van der Waals surface area contributed by atoms with E-state index < -0.39 is 6.61 Å². The molecule has 2 aromatic carbocycles. The highest BCUT2D eigenvalue weighted by Crippen LogP contribution is 2.29. The number of hydrogen-bond donors (Lipinski definition) is 2. The van der Waals surface area contributed by atoms with Gasteiger partial charge in [-0.25, -0.2) is 0 Å². The zero-order chi connectivity index (χ0) is 20.7. The number of alkyl halides is 2. The summed E-state index contributed by atoms with van der Waals surface area (Å²) in [6.07, 6.45) is 0. The van der Waals surface area contributed by atoms with Crippen molar-refractivity contribution >= 4 is 23.2 Å². The van der Waals surface area contributed by atoms with Gasteiger partial charge < -0.3 is 24.4 Å². The lowest BCUT2D eigenvalue weighted by atomic mass is 10.2. The number of quaternary nitrogens is 1. The molecular formula is C19H22ClF2N2O4+. The first-order valence-electron chi connectivity index (χ1n) is 8.38. The molecule has 152 valence electrons. The Kier molecular flexibility index (Phi) is 7.83. The second-order valence-corrected chi connectivity index (χ2v) is 6.50. The Morgan fingerprint density at radius 2 is 1.79 bits per heavy atom. The molecule has 2 rings (SSSR count). The van der Waals surface area contributed by atoms with Gasteiger partial charge in [-0.05, 0) is 36.4 Å². The van der Waals surface area contributed by atoms with E-state index in [0.29, 0.717) is 23.0 Å². The molecule has 0 aliphatic carbocycles. The lowest BCUT2D eigenvalue weighted by Gasteiger charge is -2.16. The zero-order valence-electron chi connectivity index (χ0n) is 15.7. The summed E-state index contributed by atoms with van der Waals surface area (Å²) < 4.78 is 39.5. The van der Waals surface area contributed by atoms with Gasteiger partial charge in [-0.1, -0.05) is 11.6 Å². The Bertz CT molecular complexity index is 821. The first kappa shape index (κ1) is 21.7. The highest BCUT2D eigenvalue weighted by Gasteiger charge is 2.16. The van der Waals surface area contributed by atoms with Crippen molar-refractivity contribution in [3.8, 4) is 17.2 Å². The number of carbonyl (C=O) groups excluding carboxylic acids is 1. The van der Waals surface area contributed by atoms with Crippen LogP contribution in [-0.2, 0) is 11.3 Å². The molecule has 0 bridgehead atoms. The Morgan fingerprint density at radius 3 is 2.43 bits per heavy atom. The number of anilines is 1. The van der Waals surface area contributed by atoms with Crippen molar-refractivity contribution in [1.29, 1.82) is 0 Å². The summed E-state index contributed by atoms with van der Waals surface area (Å²) in [7, 11) is 4.72. The van der Waals surface area contributed by atoms with E-state index in [9.17, 15) is 13.6 Å². The number of ether oxygens (including phenoxy) is 3. The molecule has 9 heteroatoms. The van der Waals surface area contributed by atoms with E-state index in [2.05, 4.69) is 10.1 Å². The molecule has 0 aliphatic rings. The minimum Gasteiger partial charge on any atom is -0.495 e. The molecule has 0 fully saturated rings. The number of nitrogens with one attached hydrogen (secondary N) is 2. The van der Waals surface area contributed by atoms with Crippen LogP contribution in [0.1, 0.15) is 5.56 Å². The largest absolute Gasteiger partial charge is 0.495 e. The quantitative estimate of drug-likeness (QED) is 0.661. The summed E-state index contributed by atoms with van der Waals surface area (Å²) in [5.74, 6) is 0.459. The van der Waals surface area contributed by atoms with E-state index in [1.54, 1.807) is 30.3 Å². The van der Waals surface area contributed by atoms with E-state index in [-0.39, 0.29) is 24.0 Å². The summed E-state index contributed by atoms with van der Waals surface area (Å²) in [6.45, 7) is -2.28. The molecule has 0 saturated carbocycles. The highest BCUT2D eigenvalue weighted by molar-refractivity contribution is 6.31. The summed E-state index contributed by atoms with van der Waals surface area (Å²) in [4.78, 5) is 13.2. The van der Waals surface area contributed by atoms with Crippen LogP contribution >= 0.6 is 11.6 Å². The second-order valence-electron chi connectivity index (χ2n) is 6.07. The molecule has 1 unspecified atom stereocenters. The van der Waals surface area contributed by atoms with Gasteiger partial charge >= 0.3 is 6.61 Å². The molecule has 1 amide bonds. The van der Waals surface area contributed by atoms with Gasteiger partial charge in [-0.15, -0.1) is 0 Å². The smallest absolute Gasteiger partial charge is 0.387 e. The molecule has 2 aromatic rings. The molecule has 28 heavy (non-hydrogen) atoms. The van der Waals surface area contributed by atoms with E-state index in [1.165, 1.54) is 20.3 Å². The number of benzene rings is 2. The van der Waals surface area contributed by atoms with Crippen LogP contribution in [0.3, 0.4) is 0 Å². The maximum absolute atomic E-state index is 12.4. The minimum atomic E-state index is -2.93. The van der Waals surface area contributed by atoms with Crippen LogP contribution in [-0.4, -0.2) is 40.3 Å². The Morgan fingerprint density at radius 1 is 1.11 bits per heavy atom. The van der Waals surface area contributed by atoms with Gasteiger partial charge in [0.1, 0.15) is 12.3 Å². The van der Waals surface area contributed by atoms with Crippen LogP contribution in [0.15, 0.2) is 36.4 Å². The zero-order valence-corrected chi connectivity index (χ0v) is 16.5. The summed E-state index contributed by atoms with van der Waals surface area (Å²) in [6, 6.07) is 9.64. The molecule has 0 spiro atoms. The van der Waals surface area contributed by atoms with E-state index in [4.69, 9.17) is 21.1 Å². The van der Waals surface area contributed by atoms with Crippen LogP contribution in [0, 0.1) is 0 Å². The van der Waals surface area contributed by atoms with Gasteiger partial charge in [0.2, 0.25) is 0 Å². The van der Waals surface area contributed by atoms with Crippen LogP contribution in [0.4, 0.5) is 14.5 Å². The predicted molar refractivity (Wildman–Crippen MR) is 102 cm³/mol. The van der Waals surface area contributed by atoms with Gasteiger partial charge in [0.25, 0.3) is 5.91 Å². The number of carbonyl (C=O) groups is 1. The molecule has 1 atom stereocenters.